The van der Waals surface area contributed by atoms with Crippen molar-refractivity contribution >= 4 is 11.3 Å². The Morgan fingerprint density at radius 1 is 1.56 bits per heavy atom. The minimum atomic E-state index is -0.0844. The summed E-state index contributed by atoms with van der Waals surface area (Å²) in [5, 5.41) is 10.6. The number of hydrogen-bond acceptors (Lipinski definition) is 4. The monoisotopic (exact) mass is 239 g/mol. The number of methoxy groups -OCH3 is 1. The van der Waals surface area contributed by atoms with E-state index >= 15 is 0 Å². The van der Waals surface area contributed by atoms with Gasteiger partial charge >= 0.3 is 0 Å². The van der Waals surface area contributed by atoms with Crippen LogP contribution in [-0.4, -0.2) is 43.9 Å². The zero-order valence-corrected chi connectivity index (χ0v) is 10.5. The fraction of sp³-hybridized carbons (Fsp3) is 0.500. The average Bonchev–Trinajstić information content (AvgIpc) is 2.71. The number of ether oxygens (including phenoxy) is 1. The zero-order valence-electron chi connectivity index (χ0n) is 9.69. The van der Waals surface area contributed by atoms with Gasteiger partial charge < -0.3 is 9.84 Å². The van der Waals surface area contributed by atoms with Crippen molar-refractivity contribution in [3.63, 3.8) is 0 Å². The molecule has 16 heavy (non-hydrogen) atoms. The molecule has 0 aromatic carbocycles. The van der Waals surface area contributed by atoms with Crippen molar-refractivity contribution in [2.45, 2.75) is 6.54 Å². The topological polar surface area (TPSA) is 32.7 Å². The zero-order chi connectivity index (χ0) is 11.8. The molecule has 1 rings (SSSR count). The van der Waals surface area contributed by atoms with Crippen LogP contribution >= 0.6 is 11.3 Å². The van der Waals surface area contributed by atoms with Crippen LogP contribution in [0.15, 0.2) is 11.4 Å². The van der Waals surface area contributed by atoms with Gasteiger partial charge in [0.25, 0.3) is 0 Å². The van der Waals surface area contributed by atoms with Crippen molar-refractivity contribution in [2.24, 2.45) is 0 Å². The lowest BCUT2D eigenvalue weighted by molar-refractivity contribution is 0.159. The van der Waals surface area contributed by atoms with Crippen molar-refractivity contribution in [3.05, 3.63) is 21.9 Å². The summed E-state index contributed by atoms with van der Waals surface area (Å²) in [4.78, 5) is 3.49. The van der Waals surface area contributed by atoms with Crippen molar-refractivity contribution < 1.29 is 9.84 Å². The molecule has 0 saturated carbocycles. The molecular formula is C12H17NO2S. The number of rotatable bonds is 5. The first-order valence-electron chi connectivity index (χ1n) is 5.11. The summed E-state index contributed by atoms with van der Waals surface area (Å²) >= 11 is 1.70. The first-order chi connectivity index (χ1) is 7.76. The van der Waals surface area contributed by atoms with Crippen molar-refractivity contribution in [3.8, 4) is 11.8 Å². The van der Waals surface area contributed by atoms with Gasteiger partial charge in [0.15, 0.2) is 0 Å². The Morgan fingerprint density at radius 3 is 3.06 bits per heavy atom. The molecular weight excluding hydrogens is 222 g/mol. The third kappa shape index (κ3) is 4.77. The van der Waals surface area contributed by atoms with Crippen LogP contribution in [0.5, 0.6) is 0 Å². The molecule has 88 valence electrons. The second-order valence-electron chi connectivity index (χ2n) is 3.49. The first kappa shape index (κ1) is 13.2. The van der Waals surface area contributed by atoms with E-state index in [0.717, 1.165) is 25.3 Å². The van der Waals surface area contributed by atoms with E-state index in [2.05, 4.69) is 29.9 Å². The summed E-state index contributed by atoms with van der Waals surface area (Å²) < 4.78 is 5.02. The van der Waals surface area contributed by atoms with Crippen molar-refractivity contribution in [2.75, 3.05) is 33.9 Å². The molecule has 0 aliphatic heterocycles. The van der Waals surface area contributed by atoms with Crippen molar-refractivity contribution in [1.29, 1.82) is 0 Å². The Hall–Kier alpha value is -0.860. The number of likely N-dealkylation sites (N-methyl/N-ethyl adjacent to an activating group) is 1. The molecule has 3 nitrogen and oxygen atoms in total. The largest absolute Gasteiger partial charge is 0.384 e. The molecule has 0 unspecified atom stereocenters. The van der Waals surface area contributed by atoms with Crippen LogP contribution in [0.25, 0.3) is 0 Å². The van der Waals surface area contributed by atoms with E-state index in [1.165, 1.54) is 4.88 Å². The van der Waals surface area contributed by atoms with E-state index < -0.39 is 0 Å². The Bertz CT molecular complexity index is 365. The number of hydrogen-bond donors (Lipinski definition) is 1. The molecule has 0 fully saturated rings. The minimum absolute atomic E-state index is 0.0844. The van der Waals surface area contributed by atoms with Crippen LogP contribution in [0, 0.1) is 11.8 Å². The Labute approximate surface area is 101 Å². The van der Waals surface area contributed by atoms with Crippen LogP contribution < -0.4 is 0 Å². The molecule has 1 N–H and O–H groups in total. The summed E-state index contributed by atoms with van der Waals surface area (Å²) in [6.07, 6.45) is 0. The second kappa shape index (κ2) is 7.42. The summed E-state index contributed by atoms with van der Waals surface area (Å²) in [7, 11) is 3.78. The third-order valence-corrected chi connectivity index (χ3v) is 2.99. The van der Waals surface area contributed by atoms with Gasteiger partial charge in [-0.2, -0.15) is 0 Å². The normalized spacial score (nSPS) is 10.2. The Balaban J connectivity index is 2.45. The minimum Gasteiger partial charge on any atom is -0.384 e. The number of aliphatic hydroxyl groups excluding tert-OH is 1. The average molecular weight is 239 g/mol. The van der Waals surface area contributed by atoms with Gasteiger partial charge in [0.05, 0.1) is 6.61 Å². The van der Waals surface area contributed by atoms with Crippen LogP contribution in [0.1, 0.15) is 10.4 Å². The van der Waals surface area contributed by atoms with E-state index in [9.17, 15) is 0 Å². The van der Waals surface area contributed by atoms with Gasteiger partial charge in [-0.1, -0.05) is 11.8 Å². The van der Waals surface area contributed by atoms with E-state index in [0.29, 0.717) is 0 Å². The molecule has 4 heteroatoms. The maximum absolute atomic E-state index is 8.58. The highest BCUT2D eigenvalue weighted by Crippen LogP contribution is 2.15. The molecule has 1 aromatic rings. The lowest BCUT2D eigenvalue weighted by Crippen LogP contribution is -2.21. The van der Waals surface area contributed by atoms with Crippen LogP contribution in [-0.2, 0) is 11.3 Å². The second-order valence-corrected chi connectivity index (χ2v) is 4.49. The predicted molar refractivity (Wildman–Crippen MR) is 66.5 cm³/mol. The smallest absolute Gasteiger partial charge is 0.104 e. The molecule has 0 aliphatic rings. The molecule has 0 amide bonds. The SMILES string of the molecule is COCCN(C)Cc1cc(C#CCO)cs1. The van der Waals surface area contributed by atoms with E-state index in [-0.39, 0.29) is 6.61 Å². The number of thiophene rings is 1. The van der Waals surface area contributed by atoms with Crippen molar-refractivity contribution in [1.82, 2.24) is 4.90 Å². The maximum atomic E-state index is 8.58. The highest BCUT2D eigenvalue weighted by Gasteiger charge is 2.02. The molecule has 1 aromatic heterocycles. The molecule has 0 spiro atoms. The van der Waals surface area contributed by atoms with Gasteiger partial charge in [0.2, 0.25) is 0 Å². The van der Waals surface area contributed by atoms with Gasteiger partial charge in [-0.25, -0.2) is 0 Å². The summed E-state index contributed by atoms with van der Waals surface area (Å²) in [5.41, 5.74) is 0.981. The predicted octanol–water partition coefficient (Wildman–Crippen LogP) is 1.17. The summed E-state index contributed by atoms with van der Waals surface area (Å²) in [5.74, 6) is 5.54. The molecule has 0 bridgehead atoms. The van der Waals surface area contributed by atoms with Gasteiger partial charge in [-0.3, -0.25) is 4.90 Å². The molecule has 1 heterocycles. The number of nitrogens with zero attached hydrogens (tertiary/aromatic N) is 1. The lowest BCUT2D eigenvalue weighted by Gasteiger charge is -2.14. The molecule has 0 atom stereocenters. The summed E-state index contributed by atoms with van der Waals surface area (Å²) in [6, 6.07) is 2.07. The quantitative estimate of drug-likeness (QED) is 0.783. The highest BCUT2D eigenvalue weighted by molar-refractivity contribution is 7.10. The van der Waals surface area contributed by atoms with Crippen LogP contribution in [0.2, 0.25) is 0 Å². The number of aliphatic hydroxyl groups is 1. The van der Waals surface area contributed by atoms with Crippen LogP contribution in [0.3, 0.4) is 0 Å². The van der Waals surface area contributed by atoms with E-state index in [1.807, 2.05) is 5.38 Å². The van der Waals surface area contributed by atoms with Gasteiger partial charge in [0.1, 0.15) is 6.61 Å². The summed E-state index contributed by atoms with van der Waals surface area (Å²) in [6.45, 7) is 2.50. The maximum Gasteiger partial charge on any atom is 0.104 e. The van der Waals surface area contributed by atoms with Gasteiger partial charge in [0, 0.05) is 36.0 Å². The standard InChI is InChI=1S/C12H17NO2S/c1-13(5-7-15-2)9-12-8-11(10-16-12)4-3-6-14/h8,10,14H,5-7,9H2,1-2H3. The highest BCUT2D eigenvalue weighted by atomic mass is 32.1. The Kier molecular flexibility index (Phi) is 6.12. The third-order valence-electron chi connectivity index (χ3n) is 2.07. The van der Waals surface area contributed by atoms with Gasteiger partial charge in [-0.15, -0.1) is 11.3 Å². The fourth-order valence-electron chi connectivity index (χ4n) is 1.26. The first-order valence-corrected chi connectivity index (χ1v) is 5.99. The van der Waals surface area contributed by atoms with Crippen LogP contribution in [0.4, 0.5) is 0 Å². The van der Waals surface area contributed by atoms with Gasteiger partial charge in [-0.05, 0) is 13.1 Å². The molecule has 0 saturated heterocycles. The molecule has 0 radical (unpaired) electrons. The van der Waals surface area contributed by atoms with E-state index in [1.54, 1.807) is 18.4 Å². The molecule has 0 aliphatic carbocycles. The Morgan fingerprint density at radius 2 is 2.38 bits per heavy atom. The van der Waals surface area contributed by atoms with E-state index in [4.69, 9.17) is 9.84 Å². The lowest BCUT2D eigenvalue weighted by atomic mass is 10.3. The fourth-order valence-corrected chi connectivity index (χ4v) is 2.16.